The first kappa shape index (κ1) is 10.0. The molecule has 72 valence electrons. The Hall–Kier alpha value is -0.0800. The van der Waals surface area contributed by atoms with Crippen molar-refractivity contribution in [3.63, 3.8) is 0 Å². The second kappa shape index (κ2) is 4.83. The van der Waals surface area contributed by atoms with E-state index in [9.17, 15) is 0 Å². The van der Waals surface area contributed by atoms with Crippen LogP contribution >= 0.6 is 0 Å². The van der Waals surface area contributed by atoms with Gasteiger partial charge in [-0.2, -0.15) is 0 Å². The van der Waals surface area contributed by atoms with Gasteiger partial charge in [-0.3, -0.25) is 0 Å². The van der Waals surface area contributed by atoms with Crippen molar-refractivity contribution < 1.29 is 0 Å². The van der Waals surface area contributed by atoms with Gasteiger partial charge in [-0.15, -0.1) is 0 Å². The quantitative estimate of drug-likeness (QED) is 0.613. The van der Waals surface area contributed by atoms with Crippen LogP contribution in [0.15, 0.2) is 0 Å². The van der Waals surface area contributed by atoms with Crippen LogP contribution in [0.2, 0.25) is 0 Å². The molecule has 1 aliphatic heterocycles. The summed E-state index contributed by atoms with van der Waals surface area (Å²) in [6, 6.07) is 0. The van der Waals surface area contributed by atoms with Crippen molar-refractivity contribution in [1.29, 1.82) is 0 Å². The SMILES string of the molecule is CCCN(CC)CC1CN(C)C1. The third kappa shape index (κ3) is 2.76. The zero-order valence-electron chi connectivity index (χ0n) is 8.71. The summed E-state index contributed by atoms with van der Waals surface area (Å²) in [6.45, 7) is 10.9. The molecular formula is C10H22N2. The molecule has 0 aliphatic carbocycles. The van der Waals surface area contributed by atoms with Crippen LogP contribution < -0.4 is 0 Å². The molecule has 1 saturated heterocycles. The number of hydrogen-bond donors (Lipinski definition) is 0. The highest BCUT2D eigenvalue weighted by atomic mass is 15.2. The molecule has 12 heavy (non-hydrogen) atoms. The van der Waals surface area contributed by atoms with Gasteiger partial charge in [0.2, 0.25) is 0 Å². The molecule has 0 atom stereocenters. The average molecular weight is 170 g/mol. The highest BCUT2D eigenvalue weighted by Gasteiger charge is 2.24. The van der Waals surface area contributed by atoms with Crippen LogP contribution in [0.25, 0.3) is 0 Å². The summed E-state index contributed by atoms with van der Waals surface area (Å²) < 4.78 is 0. The minimum Gasteiger partial charge on any atom is -0.306 e. The van der Waals surface area contributed by atoms with E-state index in [1.54, 1.807) is 0 Å². The van der Waals surface area contributed by atoms with Gasteiger partial charge >= 0.3 is 0 Å². The first-order chi connectivity index (χ1) is 5.76. The number of nitrogens with zero attached hydrogens (tertiary/aromatic N) is 2. The van der Waals surface area contributed by atoms with Crippen LogP contribution in [0.4, 0.5) is 0 Å². The van der Waals surface area contributed by atoms with Gasteiger partial charge in [0.25, 0.3) is 0 Å². The second-order valence-electron chi connectivity index (χ2n) is 3.98. The normalized spacial score (nSPS) is 20.0. The Morgan fingerprint density at radius 2 is 2.00 bits per heavy atom. The molecule has 0 N–H and O–H groups in total. The van der Waals surface area contributed by atoms with Crippen LogP contribution in [-0.2, 0) is 0 Å². The first-order valence-corrected chi connectivity index (χ1v) is 5.17. The summed E-state index contributed by atoms with van der Waals surface area (Å²) in [5.74, 6) is 0.946. The highest BCUT2D eigenvalue weighted by molar-refractivity contribution is 4.79. The molecule has 0 aromatic carbocycles. The number of rotatable bonds is 5. The van der Waals surface area contributed by atoms with E-state index in [4.69, 9.17) is 0 Å². The minimum atomic E-state index is 0.946. The van der Waals surface area contributed by atoms with E-state index in [1.165, 1.54) is 39.1 Å². The lowest BCUT2D eigenvalue weighted by molar-refractivity contribution is 0.0927. The predicted molar refractivity (Wildman–Crippen MR) is 53.4 cm³/mol. The summed E-state index contributed by atoms with van der Waals surface area (Å²) in [5, 5.41) is 0. The lowest BCUT2D eigenvalue weighted by Gasteiger charge is -2.39. The minimum absolute atomic E-state index is 0.946. The topological polar surface area (TPSA) is 6.48 Å². The van der Waals surface area contributed by atoms with Crippen molar-refractivity contribution in [2.75, 3.05) is 39.8 Å². The van der Waals surface area contributed by atoms with Crippen LogP contribution in [0.5, 0.6) is 0 Å². The summed E-state index contributed by atoms with van der Waals surface area (Å²) >= 11 is 0. The zero-order chi connectivity index (χ0) is 8.97. The Balaban J connectivity index is 2.10. The standard InChI is InChI=1S/C10H22N2/c1-4-6-12(5-2)9-10-7-11(3)8-10/h10H,4-9H2,1-3H3. The van der Waals surface area contributed by atoms with E-state index in [1.807, 2.05) is 0 Å². The maximum atomic E-state index is 2.57. The number of likely N-dealkylation sites (tertiary alicyclic amines) is 1. The van der Waals surface area contributed by atoms with Gasteiger partial charge in [0, 0.05) is 19.6 Å². The van der Waals surface area contributed by atoms with E-state index in [-0.39, 0.29) is 0 Å². The smallest absolute Gasteiger partial charge is 0.00340 e. The van der Waals surface area contributed by atoms with Crippen molar-refractivity contribution in [3.8, 4) is 0 Å². The molecule has 2 heteroatoms. The molecule has 0 unspecified atom stereocenters. The molecule has 0 saturated carbocycles. The Bertz CT molecular complexity index is 119. The van der Waals surface area contributed by atoms with Gasteiger partial charge in [0.15, 0.2) is 0 Å². The molecule has 1 heterocycles. The monoisotopic (exact) mass is 170 g/mol. The fourth-order valence-corrected chi connectivity index (χ4v) is 2.00. The lowest BCUT2D eigenvalue weighted by Crippen LogP contribution is -2.49. The lowest BCUT2D eigenvalue weighted by atomic mass is 10.0. The largest absolute Gasteiger partial charge is 0.306 e. The maximum Gasteiger partial charge on any atom is 0.00340 e. The van der Waals surface area contributed by atoms with E-state index in [0.29, 0.717) is 0 Å². The van der Waals surface area contributed by atoms with Crippen LogP contribution in [0.1, 0.15) is 20.3 Å². The second-order valence-corrected chi connectivity index (χ2v) is 3.98. The molecule has 1 rings (SSSR count). The average Bonchev–Trinajstić information content (AvgIpc) is 2.00. The van der Waals surface area contributed by atoms with Crippen molar-refractivity contribution in [2.24, 2.45) is 5.92 Å². The molecule has 0 bridgehead atoms. The van der Waals surface area contributed by atoms with Crippen LogP contribution in [0.3, 0.4) is 0 Å². The zero-order valence-corrected chi connectivity index (χ0v) is 8.71. The maximum absolute atomic E-state index is 2.57. The van der Waals surface area contributed by atoms with Crippen molar-refractivity contribution >= 4 is 0 Å². The highest BCUT2D eigenvalue weighted by Crippen LogP contribution is 2.14. The third-order valence-electron chi connectivity index (χ3n) is 2.64. The van der Waals surface area contributed by atoms with E-state index in [2.05, 4.69) is 30.7 Å². The molecule has 0 radical (unpaired) electrons. The summed E-state index contributed by atoms with van der Waals surface area (Å²) in [6.07, 6.45) is 1.29. The number of hydrogen-bond acceptors (Lipinski definition) is 2. The van der Waals surface area contributed by atoms with Crippen molar-refractivity contribution in [1.82, 2.24) is 9.80 Å². The molecule has 0 amide bonds. The molecule has 1 fully saturated rings. The molecule has 1 aliphatic rings. The van der Waals surface area contributed by atoms with Gasteiger partial charge in [-0.25, -0.2) is 0 Å². The molecule has 0 spiro atoms. The molecular weight excluding hydrogens is 148 g/mol. The van der Waals surface area contributed by atoms with Crippen LogP contribution in [0, 0.1) is 5.92 Å². The van der Waals surface area contributed by atoms with Gasteiger partial charge in [-0.05, 0) is 32.5 Å². The molecule has 2 nitrogen and oxygen atoms in total. The summed E-state index contributed by atoms with van der Waals surface area (Å²) in [5.41, 5.74) is 0. The Kier molecular flexibility index (Phi) is 4.02. The summed E-state index contributed by atoms with van der Waals surface area (Å²) in [4.78, 5) is 4.96. The Morgan fingerprint density at radius 1 is 1.33 bits per heavy atom. The summed E-state index contributed by atoms with van der Waals surface area (Å²) in [7, 11) is 2.20. The van der Waals surface area contributed by atoms with Crippen LogP contribution in [-0.4, -0.2) is 49.6 Å². The van der Waals surface area contributed by atoms with Gasteiger partial charge in [0.1, 0.15) is 0 Å². The van der Waals surface area contributed by atoms with Gasteiger partial charge in [0.05, 0.1) is 0 Å². The first-order valence-electron chi connectivity index (χ1n) is 5.17. The van der Waals surface area contributed by atoms with E-state index in [0.717, 1.165) is 5.92 Å². The third-order valence-corrected chi connectivity index (χ3v) is 2.64. The molecule has 0 aromatic rings. The van der Waals surface area contributed by atoms with Gasteiger partial charge in [-0.1, -0.05) is 13.8 Å². The van der Waals surface area contributed by atoms with Crippen molar-refractivity contribution in [3.05, 3.63) is 0 Å². The fourth-order valence-electron chi connectivity index (χ4n) is 2.00. The Labute approximate surface area is 76.5 Å². The molecule has 0 aromatic heterocycles. The Morgan fingerprint density at radius 3 is 2.42 bits per heavy atom. The van der Waals surface area contributed by atoms with Gasteiger partial charge < -0.3 is 9.80 Å². The van der Waals surface area contributed by atoms with E-state index < -0.39 is 0 Å². The van der Waals surface area contributed by atoms with E-state index >= 15 is 0 Å². The fraction of sp³-hybridized carbons (Fsp3) is 1.00. The van der Waals surface area contributed by atoms with Crippen molar-refractivity contribution in [2.45, 2.75) is 20.3 Å². The predicted octanol–water partition coefficient (Wildman–Crippen LogP) is 1.28.